The van der Waals surface area contributed by atoms with Crippen molar-refractivity contribution in [3.8, 4) is 5.75 Å². The molecule has 0 spiro atoms. The van der Waals surface area contributed by atoms with E-state index in [4.69, 9.17) is 20.8 Å². The van der Waals surface area contributed by atoms with E-state index >= 15 is 0 Å². The molecule has 0 fully saturated rings. The minimum Gasteiger partial charge on any atom is -0.503 e. The van der Waals surface area contributed by atoms with Gasteiger partial charge in [-0.05, 0) is 29.8 Å². The predicted octanol–water partition coefficient (Wildman–Crippen LogP) is 3.58. The maximum atomic E-state index is 13.0. The van der Waals surface area contributed by atoms with E-state index < -0.39 is 23.5 Å². The van der Waals surface area contributed by atoms with Gasteiger partial charge < -0.3 is 14.3 Å². The lowest BCUT2D eigenvalue weighted by Crippen LogP contribution is -2.31. The maximum Gasteiger partial charge on any atom is 0.296 e. The van der Waals surface area contributed by atoms with Crippen LogP contribution in [0.4, 0.5) is 5.13 Å². The minimum atomic E-state index is -0.957. The van der Waals surface area contributed by atoms with Gasteiger partial charge in [-0.15, -0.1) is 10.2 Å². The summed E-state index contributed by atoms with van der Waals surface area (Å²) in [7, 11) is 1.48. The van der Waals surface area contributed by atoms with Crippen LogP contribution in [-0.4, -0.2) is 34.1 Å². The Morgan fingerprint density at radius 1 is 1.39 bits per heavy atom. The molecule has 2 aromatic heterocycles. The summed E-state index contributed by atoms with van der Waals surface area (Å²) < 4.78 is 10.3. The second-order valence-corrected chi connectivity index (χ2v) is 6.98. The number of ketones is 1. The largest absolute Gasteiger partial charge is 0.503 e. The molecular formula is C18H12ClN3O5S. The Kier molecular flexibility index (Phi) is 4.62. The highest BCUT2D eigenvalue weighted by Crippen LogP contribution is 2.43. The molecule has 3 aromatic rings. The van der Waals surface area contributed by atoms with Crippen LogP contribution in [0.2, 0.25) is 5.02 Å². The molecule has 4 rings (SSSR count). The first-order chi connectivity index (χ1) is 13.5. The summed E-state index contributed by atoms with van der Waals surface area (Å²) in [5.41, 5.74) is 1.81. The highest BCUT2D eigenvalue weighted by Gasteiger charge is 2.46. The zero-order valence-electron chi connectivity index (χ0n) is 14.3. The van der Waals surface area contributed by atoms with Gasteiger partial charge in [-0.2, -0.15) is 0 Å². The molecule has 1 aromatic carbocycles. The Balaban J connectivity index is 1.88. The SMILES string of the molecule is COc1ccc(C2C(C(=O)c3ccco3)=C(O)C(=O)N2c2nncs2)cc1Cl. The van der Waals surface area contributed by atoms with E-state index in [0.717, 1.165) is 11.3 Å². The fraction of sp³-hybridized carbons (Fsp3) is 0.111. The highest BCUT2D eigenvalue weighted by atomic mass is 35.5. The van der Waals surface area contributed by atoms with Gasteiger partial charge >= 0.3 is 0 Å². The fourth-order valence-electron chi connectivity index (χ4n) is 3.02. The van der Waals surface area contributed by atoms with Crippen molar-refractivity contribution in [2.75, 3.05) is 12.0 Å². The average Bonchev–Trinajstić information content (AvgIpc) is 3.43. The fourth-order valence-corrected chi connectivity index (χ4v) is 3.87. The van der Waals surface area contributed by atoms with Crippen molar-refractivity contribution in [2.45, 2.75) is 6.04 Å². The summed E-state index contributed by atoms with van der Waals surface area (Å²) in [4.78, 5) is 27.0. The molecule has 0 bridgehead atoms. The zero-order chi connectivity index (χ0) is 19.8. The topological polar surface area (TPSA) is 106 Å². The summed E-state index contributed by atoms with van der Waals surface area (Å²) in [6, 6.07) is 6.89. The van der Waals surface area contributed by atoms with Gasteiger partial charge in [-0.1, -0.05) is 29.0 Å². The quantitative estimate of drug-likeness (QED) is 0.632. The van der Waals surface area contributed by atoms with E-state index in [1.165, 1.54) is 29.8 Å². The number of anilines is 1. The number of carbonyl (C=O) groups excluding carboxylic acids is 2. The molecule has 1 unspecified atom stereocenters. The zero-order valence-corrected chi connectivity index (χ0v) is 15.9. The summed E-state index contributed by atoms with van der Waals surface area (Å²) in [6.07, 6.45) is 1.34. The van der Waals surface area contributed by atoms with Crippen LogP contribution in [0, 0.1) is 0 Å². The van der Waals surface area contributed by atoms with E-state index in [-0.39, 0.29) is 16.5 Å². The van der Waals surface area contributed by atoms with Crippen LogP contribution in [0.5, 0.6) is 5.75 Å². The van der Waals surface area contributed by atoms with E-state index in [1.807, 2.05) is 0 Å². The van der Waals surface area contributed by atoms with Crippen LogP contribution < -0.4 is 9.64 Å². The first-order valence-electron chi connectivity index (χ1n) is 7.97. The number of hydrogen-bond acceptors (Lipinski definition) is 8. The number of amides is 1. The number of methoxy groups -OCH3 is 1. The molecule has 1 aliphatic rings. The van der Waals surface area contributed by atoms with Gasteiger partial charge in [-0.25, -0.2) is 0 Å². The van der Waals surface area contributed by atoms with E-state index in [0.29, 0.717) is 16.3 Å². The molecule has 0 radical (unpaired) electrons. The molecule has 0 saturated carbocycles. The van der Waals surface area contributed by atoms with E-state index in [9.17, 15) is 14.7 Å². The second-order valence-electron chi connectivity index (χ2n) is 5.76. The van der Waals surface area contributed by atoms with E-state index in [1.54, 1.807) is 24.3 Å². The van der Waals surface area contributed by atoms with Gasteiger partial charge in [0, 0.05) is 0 Å². The number of aliphatic hydroxyl groups excluding tert-OH is 1. The molecule has 0 saturated heterocycles. The molecule has 142 valence electrons. The van der Waals surface area contributed by atoms with Gasteiger partial charge in [0.2, 0.25) is 10.9 Å². The van der Waals surface area contributed by atoms with Gasteiger partial charge in [0.15, 0.2) is 11.5 Å². The number of Topliss-reactive ketones (excluding diaryl/α,β-unsaturated/α-hetero) is 1. The number of rotatable bonds is 5. The van der Waals surface area contributed by atoms with Crippen molar-refractivity contribution >= 4 is 39.8 Å². The molecule has 1 amide bonds. The number of halogens is 1. The lowest BCUT2D eigenvalue weighted by Gasteiger charge is -2.24. The normalized spacial score (nSPS) is 16.7. The van der Waals surface area contributed by atoms with Crippen LogP contribution in [0.15, 0.2) is 57.9 Å². The number of benzene rings is 1. The van der Waals surface area contributed by atoms with Crippen molar-refractivity contribution < 1.29 is 23.8 Å². The van der Waals surface area contributed by atoms with Crippen molar-refractivity contribution in [3.63, 3.8) is 0 Å². The lowest BCUT2D eigenvalue weighted by atomic mass is 9.95. The first-order valence-corrected chi connectivity index (χ1v) is 9.23. The van der Waals surface area contributed by atoms with Gasteiger partial charge in [0.05, 0.1) is 30.0 Å². The average molecular weight is 418 g/mol. The van der Waals surface area contributed by atoms with Gasteiger partial charge in [0.1, 0.15) is 11.3 Å². The summed E-state index contributed by atoms with van der Waals surface area (Å²) >= 11 is 7.34. The number of aromatic nitrogens is 2. The molecule has 1 N–H and O–H groups in total. The number of carbonyl (C=O) groups is 2. The minimum absolute atomic E-state index is 0.00178. The van der Waals surface area contributed by atoms with Crippen LogP contribution in [0.3, 0.4) is 0 Å². The molecule has 1 aliphatic heterocycles. The molecule has 10 heteroatoms. The number of nitrogens with zero attached hydrogens (tertiary/aromatic N) is 3. The monoisotopic (exact) mass is 417 g/mol. The molecule has 8 nitrogen and oxygen atoms in total. The summed E-state index contributed by atoms with van der Waals surface area (Å²) in [6.45, 7) is 0. The second kappa shape index (κ2) is 7.10. The number of furan rings is 1. The van der Waals surface area contributed by atoms with Crippen LogP contribution in [0.25, 0.3) is 0 Å². The van der Waals surface area contributed by atoms with Crippen LogP contribution >= 0.6 is 22.9 Å². The van der Waals surface area contributed by atoms with Gasteiger partial charge in [-0.3, -0.25) is 14.5 Å². The van der Waals surface area contributed by atoms with Gasteiger partial charge in [0.25, 0.3) is 5.91 Å². The van der Waals surface area contributed by atoms with Crippen LogP contribution in [0.1, 0.15) is 22.2 Å². The standard InChI is InChI=1S/C18H12ClN3O5S/c1-26-11-5-4-9(7-10(11)19)14-13(15(23)12-3-2-6-27-12)16(24)17(25)22(14)18-21-20-8-28-18/h2-8,14,24H,1H3. The predicted molar refractivity (Wildman–Crippen MR) is 101 cm³/mol. The van der Waals surface area contributed by atoms with Crippen molar-refractivity contribution in [2.24, 2.45) is 0 Å². The Morgan fingerprint density at radius 3 is 2.82 bits per heavy atom. The van der Waals surface area contributed by atoms with Crippen molar-refractivity contribution in [1.29, 1.82) is 0 Å². The summed E-state index contributed by atoms with van der Waals surface area (Å²) in [5, 5.41) is 18.7. The molecule has 28 heavy (non-hydrogen) atoms. The van der Waals surface area contributed by atoms with Crippen molar-refractivity contribution in [1.82, 2.24) is 10.2 Å². The number of aliphatic hydroxyl groups is 1. The van der Waals surface area contributed by atoms with E-state index in [2.05, 4.69) is 10.2 Å². The third-order valence-electron chi connectivity index (χ3n) is 4.24. The Labute approximate surface area is 167 Å². The summed E-state index contributed by atoms with van der Waals surface area (Å²) in [5.74, 6) is -1.61. The molecular weight excluding hydrogens is 406 g/mol. The first kappa shape index (κ1) is 18.2. The highest BCUT2D eigenvalue weighted by molar-refractivity contribution is 7.13. The third-order valence-corrected chi connectivity index (χ3v) is 5.23. The Morgan fingerprint density at radius 2 is 2.21 bits per heavy atom. The number of ether oxygens (including phenoxy) is 1. The molecule has 3 heterocycles. The third kappa shape index (κ3) is 2.85. The molecule has 0 aliphatic carbocycles. The Hall–Kier alpha value is -3.17. The number of hydrogen-bond donors (Lipinski definition) is 1. The molecule has 1 atom stereocenters. The Bertz CT molecular complexity index is 1080. The smallest absolute Gasteiger partial charge is 0.296 e. The lowest BCUT2D eigenvalue weighted by molar-refractivity contribution is -0.117. The maximum absolute atomic E-state index is 13.0. The van der Waals surface area contributed by atoms with Crippen molar-refractivity contribution in [3.05, 3.63) is 69.8 Å². The van der Waals surface area contributed by atoms with Crippen LogP contribution in [-0.2, 0) is 4.79 Å².